The Hall–Kier alpha value is -3.70. The van der Waals surface area contributed by atoms with Crippen LogP contribution in [0.3, 0.4) is 0 Å². The van der Waals surface area contributed by atoms with Gasteiger partial charge in [0, 0.05) is 22.7 Å². The highest BCUT2D eigenvalue weighted by molar-refractivity contribution is 7.15. The fourth-order valence-electron chi connectivity index (χ4n) is 3.52. The molecule has 0 aliphatic rings. The van der Waals surface area contributed by atoms with Crippen LogP contribution < -0.4 is 4.74 Å². The summed E-state index contributed by atoms with van der Waals surface area (Å²) < 4.78 is 7.26. The van der Waals surface area contributed by atoms with Gasteiger partial charge in [0.2, 0.25) is 0 Å². The van der Waals surface area contributed by atoms with Crippen LogP contribution in [0.5, 0.6) is 5.75 Å². The predicted molar refractivity (Wildman–Crippen MR) is 122 cm³/mol. The lowest BCUT2D eigenvalue weighted by molar-refractivity contribution is 0.104. The SMILES string of the molecule is COc1ccc(-c2nc3sccn3c2C=CC(=O)c2ccc3ccccc3c2)cc1. The van der Waals surface area contributed by atoms with E-state index in [0.717, 1.165) is 38.4 Å². The number of carbonyl (C=O) groups is 1. The van der Waals surface area contributed by atoms with E-state index in [1.54, 1.807) is 24.5 Å². The second kappa shape index (κ2) is 7.61. The van der Waals surface area contributed by atoms with Gasteiger partial charge in [-0.2, -0.15) is 0 Å². The van der Waals surface area contributed by atoms with E-state index < -0.39 is 0 Å². The number of hydrogen-bond donors (Lipinski definition) is 0. The van der Waals surface area contributed by atoms with Crippen molar-refractivity contribution in [3.63, 3.8) is 0 Å². The summed E-state index contributed by atoms with van der Waals surface area (Å²) in [5.41, 5.74) is 3.36. The summed E-state index contributed by atoms with van der Waals surface area (Å²) in [7, 11) is 1.65. The lowest BCUT2D eigenvalue weighted by Crippen LogP contribution is -1.95. The van der Waals surface area contributed by atoms with Crippen LogP contribution in [0.1, 0.15) is 16.1 Å². The normalized spacial score (nSPS) is 11.5. The third-order valence-electron chi connectivity index (χ3n) is 5.09. The van der Waals surface area contributed by atoms with Crippen molar-refractivity contribution in [1.29, 1.82) is 0 Å². The molecule has 0 amide bonds. The molecule has 0 radical (unpaired) electrons. The number of thiazole rings is 1. The Morgan fingerprint density at radius 3 is 2.63 bits per heavy atom. The summed E-state index contributed by atoms with van der Waals surface area (Å²) in [6.07, 6.45) is 5.45. The second-order valence-corrected chi connectivity index (χ2v) is 7.76. The molecule has 0 aliphatic carbocycles. The van der Waals surface area contributed by atoms with E-state index in [1.165, 1.54) is 0 Å². The van der Waals surface area contributed by atoms with E-state index in [2.05, 4.69) is 0 Å². The third kappa shape index (κ3) is 3.29. The molecule has 0 saturated carbocycles. The van der Waals surface area contributed by atoms with Gasteiger partial charge in [-0.1, -0.05) is 36.4 Å². The standard InChI is InChI=1S/C25H18N2O2S/c1-29-21-10-8-18(9-11-21)24-22(27-14-15-30-25(27)26-24)12-13-23(28)20-7-6-17-4-2-3-5-19(17)16-20/h2-16H,1H3. The molecular formula is C25H18N2O2S. The molecule has 0 aliphatic heterocycles. The van der Waals surface area contributed by atoms with Gasteiger partial charge in [-0.15, -0.1) is 11.3 Å². The Balaban J connectivity index is 1.52. The van der Waals surface area contributed by atoms with Gasteiger partial charge in [-0.25, -0.2) is 4.98 Å². The van der Waals surface area contributed by atoms with Crippen molar-refractivity contribution in [3.8, 4) is 17.0 Å². The van der Waals surface area contributed by atoms with Crippen molar-refractivity contribution >= 4 is 38.9 Å². The van der Waals surface area contributed by atoms with Crippen LogP contribution in [0, 0.1) is 0 Å². The van der Waals surface area contributed by atoms with Crippen LogP contribution in [0.2, 0.25) is 0 Å². The van der Waals surface area contributed by atoms with Gasteiger partial charge in [0.1, 0.15) is 5.75 Å². The summed E-state index contributed by atoms with van der Waals surface area (Å²) in [5, 5.41) is 4.17. The van der Waals surface area contributed by atoms with Crippen LogP contribution in [-0.2, 0) is 0 Å². The molecule has 4 nitrogen and oxygen atoms in total. The number of ketones is 1. The maximum atomic E-state index is 12.9. The molecule has 5 rings (SSSR count). The van der Waals surface area contributed by atoms with E-state index in [4.69, 9.17) is 9.72 Å². The van der Waals surface area contributed by atoms with Crippen LogP contribution in [0.15, 0.2) is 84.4 Å². The number of imidazole rings is 1. The van der Waals surface area contributed by atoms with E-state index in [-0.39, 0.29) is 5.78 Å². The monoisotopic (exact) mass is 410 g/mol. The number of methoxy groups -OCH3 is 1. The molecule has 5 heteroatoms. The third-order valence-corrected chi connectivity index (χ3v) is 5.85. The quantitative estimate of drug-likeness (QED) is 0.259. The number of hydrogen-bond acceptors (Lipinski definition) is 4. The Kier molecular flexibility index (Phi) is 4.65. The molecule has 5 aromatic rings. The maximum absolute atomic E-state index is 12.9. The van der Waals surface area contributed by atoms with E-state index in [9.17, 15) is 4.79 Å². The van der Waals surface area contributed by atoms with Gasteiger partial charge in [-0.3, -0.25) is 9.20 Å². The molecule has 0 saturated heterocycles. The van der Waals surface area contributed by atoms with Crippen molar-refractivity contribution in [2.45, 2.75) is 0 Å². The van der Waals surface area contributed by atoms with Crippen LogP contribution >= 0.6 is 11.3 Å². The topological polar surface area (TPSA) is 43.6 Å². The largest absolute Gasteiger partial charge is 0.497 e. The number of nitrogens with zero attached hydrogens (tertiary/aromatic N) is 2. The molecule has 2 aromatic heterocycles. The highest BCUT2D eigenvalue weighted by atomic mass is 32.1. The van der Waals surface area contributed by atoms with Gasteiger partial charge in [0.05, 0.1) is 18.5 Å². The fraction of sp³-hybridized carbons (Fsp3) is 0.0400. The number of allylic oxidation sites excluding steroid dienone is 1. The smallest absolute Gasteiger partial charge is 0.194 e. The number of benzene rings is 3. The minimum atomic E-state index is -0.0355. The first-order chi connectivity index (χ1) is 14.7. The summed E-state index contributed by atoms with van der Waals surface area (Å²) in [5.74, 6) is 0.759. The average Bonchev–Trinajstić information content (AvgIpc) is 3.39. The highest BCUT2D eigenvalue weighted by Gasteiger charge is 2.14. The lowest BCUT2D eigenvalue weighted by Gasteiger charge is -2.03. The van der Waals surface area contributed by atoms with Gasteiger partial charge < -0.3 is 4.74 Å². The highest BCUT2D eigenvalue weighted by Crippen LogP contribution is 2.29. The molecule has 0 atom stereocenters. The van der Waals surface area contributed by atoms with Gasteiger partial charge in [0.15, 0.2) is 10.7 Å². The minimum absolute atomic E-state index is 0.0355. The molecule has 0 spiro atoms. The average molecular weight is 410 g/mol. The summed E-state index contributed by atoms with van der Waals surface area (Å²) in [4.78, 5) is 18.5. The predicted octanol–water partition coefficient (Wildman–Crippen LogP) is 6.12. The van der Waals surface area contributed by atoms with Gasteiger partial charge >= 0.3 is 0 Å². The van der Waals surface area contributed by atoms with Crippen molar-refractivity contribution < 1.29 is 9.53 Å². The molecule has 0 unspecified atom stereocenters. The summed E-state index contributed by atoms with van der Waals surface area (Å²) in [6.45, 7) is 0. The molecule has 146 valence electrons. The molecule has 0 N–H and O–H groups in total. The molecule has 30 heavy (non-hydrogen) atoms. The zero-order valence-corrected chi connectivity index (χ0v) is 17.1. The Morgan fingerprint density at radius 2 is 1.83 bits per heavy atom. The first kappa shape index (κ1) is 18.3. The first-order valence-corrected chi connectivity index (χ1v) is 10.4. The van der Waals surface area contributed by atoms with Crippen molar-refractivity contribution in [3.05, 3.63) is 95.6 Å². The summed E-state index contributed by atoms with van der Waals surface area (Å²) >= 11 is 1.57. The zero-order valence-electron chi connectivity index (χ0n) is 16.3. The Labute approximate surface area is 177 Å². The number of carbonyl (C=O) groups excluding carboxylic acids is 1. The Bertz CT molecular complexity index is 1390. The van der Waals surface area contributed by atoms with Crippen LogP contribution in [-0.4, -0.2) is 22.3 Å². The number of fused-ring (bicyclic) bond motifs is 2. The van der Waals surface area contributed by atoms with E-state index in [0.29, 0.717) is 5.56 Å². The van der Waals surface area contributed by atoms with Gasteiger partial charge in [0.25, 0.3) is 0 Å². The Morgan fingerprint density at radius 1 is 1.03 bits per heavy atom. The second-order valence-electron chi connectivity index (χ2n) is 6.89. The molecule has 3 aromatic carbocycles. The van der Waals surface area contributed by atoms with Crippen LogP contribution in [0.4, 0.5) is 0 Å². The van der Waals surface area contributed by atoms with E-state index >= 15 is 0 Å². The van der Waals surface area contributed by atoms with Crippen molar-refractivity contribution in [2.75, 3.05) is 7.11 Å². The lowest BCUT2D eigenvalue weighted by atomic mass is 10.0. The van der Waals surface area contributed by atoms with E-state index in [1.807, 2.05) is 88.8 Å². The number of ether oxygens (including phenoxy) is 1. The maximum Gasteiger partial charge on any atom is 0.194 e. The first-order valence-electron chi connectivity index (χ1n) is 9.54. The molecular weight excluding hydrogens is 392 g/mol. The summed E-state index contributed by atoms with van der Waals surface area (Å²) in [6, 6.07) is 21.6. The fourth-order valence-corrected chi connectivity index (χ4v) is 4.24. The van der Waals surface area contributed by atoms with Crippen molar-refractivity contribution in [1.82, 2.24) is 9.38 Å². The molecule has 0 fully saturated rings. The zero-order chi connectivity index (χ0) is 20.5. The molecule has 2 heterocycles. The molecule has 0 bridgehead atoms. The minimum Gasteiger partial charge on any atom is -0.497 e. The van der Waals surface area contributed by atoms with Crippen molar-refractivity contribution in [2.24, 2.45) is 0 Å². The van der Waals surface area contributed by atoms with Gasteiger partial charge in [-0.05, 0) is 53.3 Å². The number of aromatic nitrogens is 2. The van der Waals surface area contributed by atoms with Crippen LogP contribution in [0.25, 0.3) is 33.1 Å². The number of rotatable bonds is 5.